The topological polar surface area (TPSA) is 46.2 Å². The molecule has 0 unspecified atom stereocenters. The van der Waals surface area contributed by atoms with Gasteiger partial charge >= 0.3 is 12.4 Å². The van der Waals surface area contributed by atoms with E-state index in [1.165, 1.54) is 6.07 Å². The molecule has 26 heavy (non-hydrogen) atoms. The number of hydrogen-bond donors (Lipinski definition) is 1. The van der Waals surface area contributed by atoms with Gasteiger partial charge in [-0.15, -0.1) is 0 Å². The normalized spacial score (nSPS) is 12.9. The van der Waals surface area contributed by atoms with Gasteiger partial charge in [0.2, 0.25) is 10.0 Å². The maximum Gasteiger partial charge on any atom is 0.416 e. The first-order valence-corrected chi connectivity index (χ1v) is 9.01. The highest BCUT2D eigenvalue weighted by atomic mass is 35.5. The van der Waals surface area contributed by atoms with Crippen LogP contribution in [-0.2, 0) is 22.4 Å². The highest BCUT2D eigenvalue weighted by Crippen LogP contribution is 2.40. The molecule has 0 saturated carbocycles. The lowest BCUT2D eigenvalue weighted by atomic mass is 9.99. The summed E-state index contributed by atoms with van der Waals surface area (Å²) in [6, 6.07) is 4.49. The van der Waals surface area contributed by atoms with E-state index in [2.05, 4.69) is 4.72 Å². The molecule has 0 bridgehead atoms. The van der Waals surface area contributed by atoms with E-state index in [1.807, 2.05) is 0 Å². The molecule has 0 heterocycles. The molecule has 0 aromatic heterocycles. The number of sulfonamides is 1. The van der Waals surface area contributed by atoms with Gasteiger partial charge in [0, 0.05) is 11.3 Å². The summed E-state index contributed by atoms with van der Waals surface area (Å²) in [5, 5.41) is -0.217. The Morgan fingerprint density at radius 2 is 1.38 bits per heavy atom. The van der Waals surface area contributed by atoms with Gasteiger partial charge in [-0.3, -0.25) is 4.72 Å². The van der Waals surface area contributed by atoms with Crippen LogP contribution in [-0.4, -0.2) is 14.7 Å². The van der Waals surface area contributed by atoms with Crippen LogP contribution in [0.5, 0.6) is 0 Å². The van der Waals surface area contributed by atoms with Crippen LogP contribution >= 0.6 is 11.6 Å². The molecule has 0 aliphatic rings. The molecule has 3 nitrogen and oxygen atoms in total. The lowest BCUT2D eigenvalue weighted by Crippen LogP contribution is -2.11. The molecule has 0 radical (unpaired) electrons. The summed E-state index contributed by atoms with van der Waals surface area (Å²) < 4.78 is 102. The maximum atomic E-state index is 12.9. The van der Waals surface area contributed by atoms with Crippen LogP contribution in [0.1, 0.15) is 11.1 Å². The highest BCUT2D eigenvalue weighted by molar-refractivity contribution is 7.92. The molecule has 11 heteroatoms. The first-order valence-electron chi connectivity index (χ1n) is 6.74. The number of rotatable bonds is 3. The van der Waals surface area contributed by atoms with E-state index in [0.717, 1.165) is 18.4 Å². The van der Waals surface area contributed by atoms with Crippen LogP contribution in [0.25, 0.3) is 11.1 Å². The summed E-state index contributed by atoms with van der Waals surface area (Å²) in [6.45, 7) is 0. The fourth-order valence-electron chi connectivity index (χ4n) is 2.14. The van der Waals surface area contributed by atoms with Crippen LogP contribution < -0.4 is 4.72 Å². The summed E-state index contributed by atoms with van der Waals surface area (Å²) in [7, 11) is -3.63. The van der Waals surface area contributed by atoms with Crippen LogP contribution in [0.3, 0.4) is 0 Å². The molecule has 0 aliphatic heterocycles. The van der Waals surface area contributed by atoms with E-state index >= 15 is 0 Å². The van der Waals surface area contributed by atoms with Crippen LogP contribution in [0.4, 0.5) is 32.0 Å². The van der Waals surface area contributed by atoms with E-state index in [1.54, 1.807) is 0 Å². The largest absolute Gasteiger partial charge is 0.416 e. The van der Waals surface area contributed by atoms with Crippen molar-refractivity contribution in [1.82, 2.24) is 0 Å². The summed E-state index contributed by atoms with van der Waals surface area (Å²) in [5.41, 5.74) is -3.44. The Morgan fingerprint density at radius 3 is 1.77 bits per heavy atom. The maximum absolute atomic E-state index is 12.9. The molecule has 2 rings (SSSR count). The number of alkyl halides is 6. The molecule has 0 spiro atoms. The van der Waals surface area contributed by atoms with E-state index in [-0.39, 0.29) is 22.3 Å². The Morgan fingerprint density at radius 1 is 0.885 bits per heavy atom. The van der Waals surface area contributed by atoms with Crippen molar-refractivity contribution in [2.24, 2.45) is 0 Å². The van der Waals surface area contributed by atoms with Gasteiger partial charge in [0.25, 0.3) is 0 Å². The summed E-state index contributed by atoms with van der Waals surface area (Å²) >= 11 is 5.93. The second kappa shape index (κ2) is 6.66. The zero-order chi connectivity index (χ0) is 19.9. The zero-order valence-electron chi connectivity index (χ0n) is 12.8. The fraction of sp³-hybridized carbons (Fsp3) is 0.200. The molecular formula is C15H10ClF6NO2S. The SMILES string of the molecule is CS(=O)(=O)Nc1ccc(-c2cc(C(F)(F)F)cc(C(F)(F)F)c2)c(Cl)c1. The predicted molar refractivity (Wildman–Crippen MR) is 85.4 cm³/mol. The standard InChI is InChI=1S/C15H10ClF6NO2S/c1-26(24,25)23-11-2-3-12(13(16)7-11)8-4-9(14(17,18)19)6-10(5-8)15(20,21)22/h2-7,23H,1H3. The summed E-state index contributed by atoms with van der Waals surface area (Å²) in [5.74, 6) is 0. The molecule has 142 valence electrons. The molecule has 0 saturated heterocycles. The third kappa shape index (κ3) is 5.04. The predicted octanol–water partition coefficient (Wildman–Crippen LogP) is 5.42. The number of anilines is 1. The first-order chi connectivity index (χ1) is 11.7. The van der Waals surface area contributed by atoms with Crippen LogP contribution in [0.2, 0.25) is 5.02 Å². The van der Waals surface area contributed by atoms with E-state index in [4.69, 9.17) is 11.6 Å². The second-order valence-electron chi connectivity index (χ2n) is 5.36. The Kier molecular flexibility index (Phi) is 5.22. The van der Waals surface area contributed by atoms with Crippen molar-refractivity contribution in [2.75, 3.05) is 11.0 Å². The zero-order valence-corrected chi connectivity index (χ0v) is 14.4. The van der Waals surface area contributed by atoms with Crippen molar-refractivity contribution in [2.45, 2.75) is 12.4 Å². The lowest BCUT2D eigenvalue weighted by Gasteiger charge is -2.15. The van der Waals surface area contributed by atoms with Crippen molar-refractivity contribution >= 4 is 27.3 Å². The van der Waals surface area contributed by atoms with E-state index in [0.29, 0.717) is 12.1 Å². The average molecular weight is 418 g/mol. The van der Waals surface area contributed by atoms with Crippen molar-refractivity contribution in [3.05, 3.63) is 52.5 Å². The molecule has 0 fully saturated rings. The molecule has 0 amide bonds. The number of benzene rings is 2. The Bertz CT molecular complexity index is 906. The van der Waals surface area contributed by atoms with Crippen LogP contribution in [0.15, 0.2) is 36.4 Å². The van der Waals surface area contributed by atoms with Gasteiger partial charge < -0.3 is 0 Å². The minimum atomic E-state index is -4.99. The Labute approximate surface area is 149 Å². The minimum Gasteiger partial charge on any atom is -0.284 e. The fourth-order valence-corrected chi connectivity index (χ4v) is 2.98. The summed E-state index contributed by atoms with van der Waals surface area (Å²) in [6.07, 6.45) is -9.10. The Hall–Kier alpha value is -1.94. The van der Waals surface area contributed by atoms with Crippen molar-refractivity contribution in [1.29, 1.82) is 0 Å². The molecule has 1 N–H and O–H groups in total. The molecule has 2 aromatic rings. The molecular weight excluding hydrogens is 408 g/mol. The molecule has 2 aromatic carbocycles. The van der Waals surface area contributed by atoms with Gasteiger partial charge in [-0.1, -0.05) is 17.7 Å². The molecule has 0 aliphatic carbocycles. The van der Waals surface area contributed by atoms with Crippen LogP contribution in [0, 0.1) is 0 Å². The third-order valence-corrected chi connectivity index (χ3v) is 4.09. The first kappa shape index (κ1) is 20.4. The third-order valence-electron chi connectivity index (χ3n) is 3.17. The second-order valence-corrected chi connectivity index (χ2v) is 7.52. The van der Waals surface area contributed by atoms with Gasteiger partial charge in [-0.25, -0.2) is 8.42 Å². The Balaban J connectivity index is 2.61. The summed E-state index contributed by atoms with van der Waals surface area (Å²) in [4.78, 5) is 0. The van der Waals surface area contributed by atoms with Gasteiger partial charge in [-0.2, -0.15) is 26.3 Å². The van der Waals surface area contributed by atoms with E-state index < -0.39 is 39.1 Å². The van der Waals surface area contributed by atoms with Gasteiger partial charge in [0.1, 0.15) is 0 Å². The van der Waals surface area contributed by atoms with Crippen molar-refractivity contribution < 1.29 is 34.8 Å². The number of nitrogens with one attached hydrogen (secondary N) is 1. The van der Waals surface area contributed by atoms with Crippen molar-refractivity contribution in [3.8, 4) is 11.1 Å². The van der Waals surface area contributed by atoms with Crippen molar-refractivity contribution in [3.63, 3.8) is 0 Å². The average Bonchev–Trinajstić information content (AvgIpc) is 2.43. The minimum absolute atomic E-state index is 0.0109. The van der Waals surface area contributed by atoms with Gasteiger partial charge in [0.05, 0.1) is 22.4 Å². The smallest absolute Gasteiger partial charge is 0.284 e. The number of halogens is 7. The van der Waals surface area contributed by atoms with Gasteiger partial charge in [-0.05, 0) is 35.9 Å². The highest BCUT2D eigenvalue weighted by Gasteiger charge is 2.37. The van der Waals surface area contributed by atoms with Gasteiger partial charge in [0.15, 0.2) is 0 Å². The van der Waals surface area contributed by atoms with E-state index in [9.17, 15) is 34.8 Å². The lowest BCUT2D eigenvalue weighted by molar-refractivity contribution is -0.143. The monoisotopic (exact) mass is 417 g/mol. The molecule has 0 atom stereocenters. The quantitative estimate of drug-likeness (QED) is 0.678. The number of hydrogen-bond acceptors (Lipinski definition) is 2.